The molecule has 0 heterocycles. The van der Waals surface area contributed by atoms with Crippen molar-refractivity contribution in [3.05, 3.63) is 11.8 Å². The summed E-state index contributed by atoms with van der Waals surface area (Å²) in [6, 6.07) is 0. The number of unbranched alkanes of at least 4 members (excludes halogenated alkanes) is 1. The van der Waals surface area contributed by atoms with Crippen molar-refractivity contribution in [2.24, 2.45) is 5.73 Å². The molecular formula is C8H13NO3. The SMILES string of the molecule is CCCCN.O=C=C=CC(=O)O. The van der Waals surface area contributed by atoms with Crippen LogP contribution in [0.1, 0.15) is 19.8 Å². The standard InChI is InChI=1S/C4H11N.C4H2O3/c1-2-3-4-5;5-3-1-2-4(6)7/h2-5H2,1H3;2H,(H,6,7). The summed E-state index contributed by atoms with van der Waals surface area (Å²) in [6.07, 6.45) is 2.98. The Hall–Kier alpha value is -1.34. The van der Waals surface area contributed by atoms with Crippen molar-refractivity contribution in [1.29, 1.82) is 0 Å². The van der Waals surface area contributed by atoms with Crippen molar-refractivity contribution in [1.82, 2.24) is 0 Å². The van der Waals surface area contributed by atoms with Crippen LogP contribution in [0.3, 0.4) is 0 Å². The highest BCUT2D eigenvalue weighted by Gasteiger charge is 1.77. The zero-order chi connectivity index (χ0) is 9.82. The predicted molar refractivity (Wildman–Crippen MR) is 45.4 cm³/mol. The Bertz CT molecular complexity index is 186. The first kappa shape index (κ1) is 13.3. The molecule has 0 aliphatic heterocycles. The molecule has 3 N–H and O–H groups in total. The fraction of sp³-hybridized carbons (Fsp3) is 0.500. The van der Waals surface area contributed by atoms with E-state index in [0.29, 0.717) is 6.08 Å². The highest BCUT2D eigenvalue weighted by atomic mass is 16.4. The molecule has 4 heteroatoms. The maximum atomic E-state index is 9.46. The van der Waals surface area contributed by atoms with E-state index in [1.54, 1.807) is 5.73 Å². The van der Waals surface area contributed by atoms with Crippen LogP contribution in [-0.4, -0.2) is 23.6 Å². The van der Waals surface area contributed by atoms with Gasteiger partial charge in [0.15, 0.2) is 5.94 Å². The number of rotatable bonds is 3. The smallest absolute Gasteiger partial charge is 0.336 e. The highest BCUT2D eigenvalue weighted by molar-refractivity contribution is 5.80. The minimum absolute atomic E-state index is 0.590. The lowest BCUT2D eigenvalue weighted by Gasteiger charge is -1.80. The molecule has 0 amide bonds. The van der Waals surface area contributed by atoms with Crippen molar-refractivity contribution in [3.8, 4) is 0 Å². The maximum Gasteiger partial charge on any atom is 0.336 e. The largest absolute Gasteiger partial charge is 0.478 e. The Kier molecular flexibility index (Phi) is 13.6. The first-order valence-electron chi connectivity index (χ1n) is 3.57. The van der Waals surface area contributed by atoms with Crippen LogP contribution in [0.2, 0.25) is 0 Å². The van der Waals surface area contributed by atoms with E-state index in [1.807, 2.05) is 0 Å². The van der Waals surface area contributed by atoms with Gasteiger partial charge in [-0.15, -0.1) is 0 Å². The van der Waals surface area contributed by atoms with Gasteiger partial charge < -0.3 is 10.8 Å². The van der Waals surface area contributed by atoms with Crippen LogP contribution in [-0.2, 0) is 9.59 Å². The predicted octanol–water partition coefficient (Wildman–Crippen LogP) is 0.359. The monoisotopic (exact) mass is 171 g/mol. The number of aliphatic carboxylic acids is 1. The van der Waals surface area contributed by atoms with Crippen LogP contribution in [0.5, 0.6) is 0 Å². The van der Waals surface area contributed by atoms with Crippen molar-refractivity contribution in [3.63, 3.8) is 0 Å². The molecule has 0 aromatic carbocycles. The zero-order valence-corrected chi connectivity index (χ0v) is 7.04. The van der Waals surface area contributed by atoms with Gasteiger partial charge in [0.1, 0.15) is 0 Å². The summed E-state index contributed by atoms with van der Waals surface area (Å²) in [7, 11) is 0. The molecule has 0 unspecified atom stereocenters. The topological polar surface area (TPSA) is 80.4 Å². The van der Waals surface area contributed by atoms with Gasteiger partial charge in [0.2, 0.25) is 0 Å². The number of nitrogens with two attached hydrogens (primary N) is 1. The number of carboxylic acids is 1. The van der Waals surface area contributed by atoms with Gasteiger partial charge in [-0.1, -0.05) is 13.3 Å². The molecule has 0 saturated heterocycles. The van der Waals surface area contributed by atoms with Gasteiger partial charge in [-0.05, 0) is 18.7 Å². The second-order valence-electron chi connectivity index (χ2n) is 1.87. The van der Waals surface area contributed by atoms with E-state index in [1.165, 1.54) is 12.8 Å². The van der Waals surface area contributed by atoms with Gasteiger partial charge in [0.25, 0.3) is 0 Å². The van der Waals surface area contributed by atoms with Gasteiger partial charge in [0, 0.05) is 0 Å². The molecule has 0 bridgehead atoms. The van der Waals surface area contributed by atoms with Gasteiger partial charge in [-0.2, -0.15) is 0 Å². The third-order valence-electron chi connectivity index (χ3n) is 0.812. The first-order chi connectivity index (χ1) is 5.68. The molecule has 0 radical (unpaired) electrons. The summed E-state index contributed by atoms with van der Waals surface area (Å²) >= 11 is 0. The average molecular weight is 171 g/mol. The van der Waals surface area contributed by atoms with Crippen LogP contribution in [0.4, 0.5) is 0 Å². The summed E-state index contributed by atoms with van der Waals surface area (Å²) in [5.74, 6) is -0.0287. The third-order valence-corrected chi connectivity index (χ3v) is 0.812. The molecule has 0 aliphatic rings. The Morgan fingerprint density at radius 3 is 2.33 bits per heavy atom. The molecule has 0 atom stereocenters. The normalized spacial score (nSPS) is 6.83. The quantitative estimate of drug-likeness (QED) is 0.365. The zero-order valence-electron chi connectivity index (χ0n) is 7.04. The second kappa shape index (κ2) is 12.3. The van der Waals surface area contributed by atoms with E-state index in [-0.39, 0.29) is 0 Å². The van der Waals surface area contributed by atoms with E-state index in [2.05, 4.69) is 6.92 Å². The fourth-order valence-electron chi connectivity index (χ4n) is 0.295. The maximum absolute atomic E-state index is 9.46. The molecule has 0 saturated carbocycles. The molecular weight excluding hydrogens is 158 g/mol. The van der Waals surface area contributed by atoms with Crippen LogP contribution in [0.25, 0.3) is 0 Å². The first-order valence-corrected chi connectivity index (χ1v) is 3.57. The molecule has 0 rings (SSSR count). The summed E-state index contributed by atoms with van der Waals surface area (Å²) in [5.41, 5.74) is 6.86. The Labute approximate surface area is 71.4 Å². The number of carboxylic acid groups (broad SMARTS) is 1. The molecule has 0 aliphatic carbocycles. The lowest BCUT2D eigenvalue weighted by Crippen LogP contribution is -1.95. The average Bonchev–Trinajstić information content (AvgIpc) is 2.03. The van der Waals surface area contributed by atoms with Gasteiger partial charge in [-0.25, -0.2) is 9.59 Å². The van der Waals surface area contributed by atoms with Gasteiger partial charge >= 0.3 is 5.97 Å². The Balaban J connectivity index is 0. The van der Waals surface area contributed by atoms with Gasteiger partial charge in [-0.3, -0.25) is 0 Å². The summed E-state index contributed by atoms with van der Waals surface area (Å²) in [4.78, 5) is 18.6. The van der Waals surface area contributed by atoms with Crippen LogP contribution >= 0.6 is 0 Å². The van der Waals surface area contributed by atoms with E-state index < -0.39 is 5.97 Å². The molecule has 0 aromatic rings. The van der Waals surface area contributed by atoms with Crippen molar-refractivity contribution < 1.29 is 14.7 Å². The molecule has 0 spiro atoms. The van der Waals surface area contributed by atoms with Crippen molar-refractivity contribution >= 4 is 11.9 Å². The van der Waals surface area contributed by atoms with Crippen LogP contribution in [0.15, 0.2) is 11.8 Å². The van der Waals surface area contributed by atoms with E-state index in [9.17, 15) is 9.59 Å². The van der Waals surface area contributed by atoms with Crippen molar-refractivity contribution in [2.75, 3.05) is 6.54 Å². The third kappa shape index (κ3) is 23.4. The molecule has 4 nitrogen and oxygen atoms in total. The lowest BCUT2D eigenvalue weighted by molar-refractivity contribution is -0.131. The number of carbonyl (C=O) groups excluding carboxylic acids is 1. The summed E-state index contributed by atoms with van der Waals surface area (Å²) in [6.45, 7) is 2.98. The molecule has 12 heavy (non-hydrogen) atoms. The minimum Gasteiger partial charge on any atom is -0.478 e. The highest BCUT2D eigenvalue weighted by Crippen LogP contribution is 1.77. The Morgan fingerprint density at radius 1 is 1.67 bits per heavy atom. The summed E-state index contributed by atoms with van der Waals surface area (Å²) in [5, 5.41) is 7.75. The van der Waals surface area contributed by atoms with E-state index >= 15 is 0 Å². The van der Waals surface area contributed by atoms with Gasteiger partial charge in [0.05, 0.1) is 6.08 Å². The number of hydrogen-bond acceptors (Lipinski definition) is 3. The molecule has 0 fully saturated rings. The summed E-state index contributed by atoms with van der Waals surface area (Å²) < 4.78 is 0. The fourth-order valence-corrected chi connectivity index (χ4v) is 0.295. The van der Waals surface area contributed by atoms with Crippen LogP contribution < -0.4 is 5.73 Å². The lowest BCUT2D eigenvalue weighted by atomic mass is 10.3. The number of hydrogen-bond donors (Lipinski definition) is 2. The minimum atomic E-state index is -1.19. The van der Waals surface area contributed by atoms with E-state index in [0.717, 1.165) is 12.5 Å². The molecule has 0 aromatic heterocycles. The van der Waals surface area contributed by atoms with Crippen LogP contribution in [0, 0.1) is 0 Å². The molecule has 68 valence electrons. The Morgan fingerprint density at radius 2 is 2.25 bits per heavy atom. The van der Waals surface area contributed by atoms with Crippen molar-refractivity contribution in [2.45, 2.75) is 19.8 Å². The number of carbonyl (C=O) groups is 1. The second-order valence-corrected chi connectivity index (χ2v) is 1.87. The van der Waals surface area contributed by atoms with E-state index in [4.69, 9.17) is 10.8 Å².